The lowest BCUT2D eigenvalue weighted by molar-refractivity contribution is -0.0249. The summed E-state index contributed by atoms with van der Waals surface area (Å²) in [6, 6.07) is 8.00. The molecule has 2 aliphatic heterocycles. The highest BCUT2D eigenvalue weighted by Gasteiger charge is 2.42. The SMILES string of the molecule is O=c1ccc(-c2cccs2)nn1CC1(O)C[C@H]2CC[C@H](C1)N2. The second-order valence-corrected chi connectivity index (χ2v) is 7.41. The fourth-order valence-corrected chi connectivity index (χ4v) is 4.44. The molecular weight excluding hydrogens is 298 g/mol. The zero-order chi connectivity index (χ0) is 15.2. The lowest BCUT2D eigenvalue weighted by Crippen LogP contribution is -2.51. The number of aliphatic hydroxyl groups is 1. The Kier molecular flexibility index (Phi) is 3.40. The first-order valence-electron chi connectivity index (χ1n) is 7.72. The molecule has 0 aromatic carbocycles. The van der Waals surface area contributed by atoms with E-state index in [2.05, 4.69) is 10.4 Å². The summed E-state index contributed by atoms with van der Waals surface area (Å²) in [4.78, 5) is 13.1. The van der Waals surface area contributed by atoms with E-state index in [9.17, 15) is 9.90 Å². The number of piperidine rings is 1. The number of fused-ring (bicyclic) bond motifs is 2. The zero-order valence-electron chi connectivity index (χ0n) is 12.2. The molecule has 2 fully saturated rings. The maximum absolute atomic E-state index is 12.1. The summed E-state index contributed by atoms with van der Waals surface area (Å²) in [5.41, 5.74) is -0.197. The number of rotatable bonds is 3. The molecule has 2 aliphatic rings. The third-order valence-corrected chi connectivity index (χ3v) is 5.56. The fraction of sp³-hybridized carbons (Fsp3) is 0.500. The Balaban J connectivity index is 1.62. The zero-order valence-corrected chi connectivity index (χ0v) is 13.1. The van der Waals surface area contributed by atoms with E-state index in [4.69, 9.17) is 0 Å². The van der Waals surface area contributed by atoms with E-state index in [0.29, 0.717) is 24.9 Å². The predicted molar refractivity (Wildman–Crippen MR) is 85.9 cm³/mol. The Labute approximate surface area is 132 Å². The number of thiophene rings is 1. The van der Waals surface area contributed by atoms with Gasteiger partial charge in [0, 0.05) is 18.2 Å². The molecule has 5 nitrogen and oxygen atoms in total. The molecule has 22 heavy (non-hydrogen) atoms. The molecule has 4 heterocycles. The van der Waals surface area contributed by atoms with Crippen LogP contribution in [0.2, 0.25) is 0 Å². The van der Waals surface area contributed by atoms with Crippen molar-refractivity contribution in [3.05, 3.63) is 40.0 Å². The largest absolute Gasteiger partial charge is 0.388 e. The van der Waals surface area contributed by atoms with Crippen LogP contribution in [-0.4, -0.2) is 32.6 Å². The van der Waals surface area contributed by atoms with Gasteiger partial charge in [-0.1, -0.05) is 6.07 Å². The third-order valence-electron chi connectivity index (χ3n) is 4.67. The first kappa shape index (κ1) is 14.1. The fourth-order valence-electron chi connectivity index (χ4n) is 3.75. The Morgan fingerprint density at radius 2 is 2.09 bits per heavy atom. The second-order valence-electron chi connectivity index (χ2n) is 6.46. The Bertz CT molecular complexity index is 713. The van der Waals surface area contributed by atoms with Gasteiger partial charge in [-0.25, -0.2) is 4.68 Å². The first-order chi connectivity index (χ1) is 10.6. The van der Waals surface area contributed by atoms with Crippen LogP contribution in [0.5, 0.6) is 0 Å². The molecule has 116 valence electrons. The van der Waals surface area contributed by atoms with Gasteiger partial charge in [-0.05, 0) is 43.2 Å². The van der Waals surface area contributed by atoms with Crippen LogP contribution in [0.3, 0.4) is 0 Å². The van der Waals surface area contributed by atoms with Crippen LogP contribution in [0.1, 0.15) is 25.7 Å². The number of nitrogens with one attached hydrogen (secondary N) is 1. The van der Waals surface area contributed by atoms with Gasteiger partial charge < -0.3 is 10.4 Å². The highest BCUT2D eigenvalue weighted by Crippen LogP contribution is 2.34. The van der Waals surface area contributed by atoms with Crippen LogP contribution in [0.4, 0.5) is 0 Å². The van der Waals surface area contributed by atoms with Crippen LogP contribution in [0.15, 0.2) is 34.4 Å². The highest BCUT2D eigenvalue weighted by atomic mass is 32.1. The van der Waals surface area contributed by atoms with Crippen molar-refractivity contribution in [1.29, 1.82) is 0 Å². The van der Waals surface area contributed by atoms with Gasteiger partial charge in [0.15, 0.2) is 0 Å². The minimum atomic E-state index is -0.831. The summed E-state index contributed by atoms with van der Waals surface area (Å²) in [7, 11) is 0. The van der Waals surface area contributed by atoms with Crippen molar-refractivity contribution < 1.29 is 5.11 Å². The number of aromatic nitrogens is 2. The highest BCUT2D eigenvalue weighted by molar-refractivity contribution is 7.13. The summed E-state index contributed by atoms with van der Waals surface area (Å²) in [6.45, 7) is 0.278. The lowest BCUT2D eigenvalue weighted by atomic mass is 9.87. The van der Waals surface area contributed by atoms with Gasteiger partial charge in [-0.2, -0.15) is 5.10 Å². The monoisotopic (exact) mass is 317 g/mol. The third kappa shape index (κ3) is 2.62. The van der Waals surface area contributed by atoms with Gasteiger partial charge in [-0.3, -0.25) is 4.79 Å². The molecule has 2 aromatic heterocycles. The van der Waals surface area contributed by atoms with E-state index in [-0.39, 0.29) is 12.1 Å². The van der Waals surface area contributed by atoms with Crippen LogP contribution >= 0.6 is 11.3 Å². The van der Waals surface area contributed by atoms with Crippen molar-refractivity contribution in [2.45, 2.75) is 49.9 Å². The van der Waals surface area contributed by atoms with Gasteiger partial charge >= 0.3 is 0 Å². The molecule has 0 aliphatic carbocycles. The van der Waals surface area contributed by atoms with Crippen molar-refractivity contribution in [2.75, 3.05) is 0 Å². The molecular formula is C16H19N3O2S. The smallest absolute Gasteiger partial charge is 0.266 e. The standard InChI is InChI=1S/C16H19N3O2S/c20-15-6-5-13(14-2-1-7-22-14)18-19(15)10-16(21)8-11-3-4-12(9-16)17-11/h1-2,5-7,11-12,17,21H,3-4,8-10H2/t11-,12-/m1/s1. The molecule has 0 saturated carbocycles. The van der Waals surface area contributed by atoms with Crippen LogP contribution in [-0.2, 0) is 6.54 Å². The Morgan fingerprint density at radius 1 is 1.32 bits per heavy atom. The van der Waals surface area contributed by atoms with Gasteiger partial charge in [-0.15, -0.1) is 11.3 Å². The van der Waals surface area contributed by atoms with Gasteiger partial charge in [0.25, 0.3) is 5.56 Å². The van der Waals surface area contributed by atoms with Gasteiger partial charge in [0.05, 0.1) is 17.0 Å². The average Bonchev–Trinajstić information content (AvgIpc) is 3.11. The van der Waals surface area contributed by atoms with E-state index in [0.717, 1.165) is 23.4 Å². The average molecular weight is 317 g/mol. The van der Waals surface area contributed by atoms with Crippen molar-refractivity contribution >= 4 is 11.3 Å². The summed E-state index contributed by atoms with van der Waals surface area (Å²) < 4.78 is 1.43. The number of hydrogen-bond acceptors (Lipinski definition) is 5. The Hall–Kier alpha value is -1.50. The molecule has 0 radical (unpaired) electrons. The minimum Gasteiger partial charge on any atom is -0.388 e. The van der Waals surface area contributed by atoms with E-state index in [1.54, 1.807) is 23.5 Å². The molecule has 4 rings (SSSR count). The molecule has 2 aromatic rings. The summed E-state index contributed by atoms with van der Waals surface area (Å²) in [5.74, 6) is 0. The van der Waals surface area contributed by atoms with E-state index >= 15 is 0 Å². The summed E-state index contributed by atoms with van der Waals surface area (Å²) in [5, 5.41) is 20.9. The van der Waals surface area contributed by atoms with Crippen molar-refractivity contribution in [3.63, 3.8) is 0 Å². The van der Waals surface area contributed by atoms with Crippen LogP contribution < -0.4 is 10.9 Å². The Morgan fingerprint density at radius 3 is 2.77 bits per heavy atom. The second kappa shape index (κ2) is 5.30. The number of hydrogen-bond donors (Lipinski definition) is 2. The number of nitrogens with zero attached hydrogens (tertiary/aromatic N) is 2. The summed E-state index contributed by atoms with van der Waals surface area (Å²) in [6.07, 6.45) is 3.62. The lowest BCUT2D eigenvalue weighted by Gasteiger charge is -2.37. The molecule has 2 saturated heterocycles. The van der Waals surface area contributed by atoms with Gasteiger partial charge in [0.2, 0.25) is 0 Å². The van der Waals surface area contributed by atoms with Crippen LogP contribution in [0.25, 0.3) is 10.6 Å². The summed E-state index contributed by atoms with van der Waals surface area (Å²) >= 11 is 1.60. The normalized spacial score (nSPS) is 30.6. The van der Waals surface area contributed by atoms with Crippen molar-refractivity contribution in [3.8, 4) is 10.6 Å². The van der Waals surface area contributed by atoms with Crippen LogP contribution in [0, 0.1) is 0 Å². The topological polar surface area (TPSA) is 67.2 Å². The first-order valence-corrected chi connectivity index (χ1v) is 8.60. The molecule has 0 spiro atoms. The van der Waals surface area contributed by atoms with E-state index in [1.807, 2.05) is 17.5 Å². The molecule has 0 unspecified atom stereocenters. The molecule has 2 N–H and O–H groups in total. The minimum absolute atomic E-state index is 0.153. The van der Waals surface area contributed by atoms with E-state index in [1.165, 1.54) is 4.68 Å². The molecule has 2 bridgehead atoms. The van der Waals surface area contributed by atoms with Crippen molar-refractivity contribution in [1.82, 2.24) is 15.1 Å². The molecule has 0 amide bonds. The quantitative estimate of drug-likeness (QED) is 0.903. The maximum atomic E-state index is 12.1. The molecule has 2 atom stereocenters. The maximum Gasteiger partial charge on any atom is 0.266 e. The van der Waals surface area contributed by atoms with Crippen molar-refractivity contribution in [2.24, 2.45) is 0 Å². The molecule has 6 heteroatoms. The van der Waals surface area contributed by atoms with Gasteiger partial charge in [0.1, 0.15) is 5.69 Å². The predicted octanol–water partition coefficient (Wildman–Crippen LogP) is 1.62. The van der Waals surface area contributed by atoms with E-state index < -0.39 is 5.60 Å².